The summed E-state index contributed by atoms with van der Waals surface area (Å²) in [7, 11) is 0. The lowest BCUT2D eigenvalue weighted by molar-refractivity contribution is -0.109. The second-order valence-corrected chi connectivity index (χ2v) is 4.07. The molecule has 4 heteroatoms. The number of nitrogens with zero attached hydrogens (tertiary/aromatic N) is 1. The highest BCUT2D eigenvalue weighted by molar-refractivity contribution is 8.13. The van der Waals surface area contributed by atoms with E-state index in [9.17, 15) is 4.79 Å². The molecular formula is C11H11NO2S. The molecule has 0 saturated carbocycles. The van der Waals surface area contributed by atoms with Crippen molar-refractivity contribution in [2.24, 2.45) is 0 Å². The van der Waals surface area contributed by atoms with Gasteiger partial charge in [0.1, 0.15) is 11.4 Å². The molecule has 0 spiro atoms. The molecule has 0 aliphatic rings. The number of aromatic nitrogens is 1. The Morgan fingerprint density at radius 3 is 3.00 bits per heavy atom. The maximum atomic E-state index is 10.6. The van der Waals surface area contributed by atoms with Crippen LogP contribution >= 0.6 is 11.8 Å². The Bertz CT molecular complexity index is 389. The van der Waals surface area contributed by atoms with Crippen LogP contribution in [0.3, 0.4) is 0 Å². The number of aromatic hydroxyl groups is 1. The number of carbonyl (C=O) groups excluding carboxylic acids is 1. The first-order valence-electron chi connectivity index (χ1n) is 4.46. The summed E-state index contributed by atoms with van der Waals surface area (Å²) < 4.78 is 0. The summed E-state index contributed by atoms with van der Waals surface area (Å²) in [5.41, 5.74) is 0.626. The summed E-state index contributed by atoms with van der Waals surface area (Å²) in [6, 6.07) is 3.20. The predicted octanol–water partition coefficient (Wildman–Crippen LogP) is 1.81. The third-order valence-corrected chi connectivity index (χ3v) is 2.31. The Kier molecular flexibility index (Phi) is 4.72. The van der Waals surface area contributed by atoms with Gasteiger partial charge in [0.15, 0.2) is 5.12 Å². The van der Waals surface area contributed by atoms with Gasteiger partial charge in [0.25, 0.3) is 0 Å². The second kappa shape index (κ2) is 6.10. The first-order valence-corrected chi connectivity index (χ1v) is 5.44. The van der Waals surface area contributed by atoms with E-state index < -0.39 is 0 Å². The van der Waals surface area contributed by atoms with E-state index >= 15 is 0 Å². The summed E-state index contributed by atoms with van der Waals surface area (Å²) in [6.45, 7) is 1.54. The lowest BCUT2D eigenvalue weighted by Crippen LogP contribution is -1.84. The maximum Gasteiger partial charge on any atom is 0.185 e. The average molecular weight is 221 g/mol. The number of hydrogen-bond donors (Lipinski definition) is 1. The minimum atomic E-state index is 0.111. The van der Waals surface area contributed by atoms with E-state index in [0.717, 1.165) is 0 Å². The third-order valence-electron chi connectivity index (χ3n) is 1.50. The molecule has 0 aromatic carbocycles. The lowest BCUT2D eigenvalue weighted by Gasteiger charge is -1.90. The highest BCUT2D eigenvalue weighted by Crippen LogP contribution is 2.05. The molecule has 1 N–H and O–H groups in total. The summed E-state index contributed by atoms with van der Waals surface area (Å²) in [6.07, 6.45) is 2.02. The van der Waals surface area contributed by atoms with Gasteiger partial charge in [0, 0.05) is 19.1 Å². The number of carbonyl (C=O) groups is 1. The molecule has 0 bridgehead atoms. The SMILES string of the molecule is CC(=O)SCCC#Cc1ccc(O)cn1. The first kappa shape index (κ1) is 11.6. The van der Waals surface area contributed by atoms with Crippen molar-refractivity contribution < 1.29 is 9.90 Å². The molecule has 0 atom stereocenters. The van der Waals surface area contributed by atoms with Gasteiger partial charge in [-0.25, -0.2) is 4.98 Å². The van der Waals surface area contributed by atoms with Crippen LogP contribution in [0.25, 0.3) is 0 Å². The molecule has 0 unspecified atom stereocenters. The Hall–Kier alpha value is -1.47. The summed E-state index contributed by atoms with van der Waals surface area (Å²) in [5.74, 6) is 6.60. The van der Waals surface area contributed by atoms with E-state index in [-0.39, 0.29) is 10.9 Å². The molecule has 1 aromatic heterocycles. The van der Waals surface area contributed by atoms with E-state index in [0.29, 0.717) is 17.9 Å². The van der Waals surface area contributed by atoms with E-state index in [1.165, 1.54) is 18.0 Å². The summed E-state index contributed by atoms with van der Waals surface area (Å²) in [4.78, 5) is 14.5. The molecule has 78 valence electrons. The Morgan fingerprint density at radius 1 is 1.60 bits per heavy atom. The predicted molar refractivity (Wildman–Crippen MR) is 60.5 cm³/mol. The van der Waals surface area contributed by atoms with Crippen LogP contribution < -0.4 is 0 Å². The van der Waals surface area contributed by atoms with Crippen LogP contribution in [0.5, 0.6) is 5.75 Å². The van der Waals surface area contributed by atoms with Crippen molar-refractivity contribution in [1.82, 2.24) is 4.98 Å². The molecule has 0 aliphatic heterocycles. The Labute approximate surface area is 92.9 Å². The second-order valence-electron chi connectivity index (χ2n) is 2.79. The van der Waals surface area contributed by atoms with E-state index in [1.807, 2.05) is 0 Å². The fourth-order valence-electron chi connectivity index (χ4n) is 0.859. The maximum absolute atomic E-state index is 10.6. The molecule has 1 rings (SSSR count). The van der Waals surface area contributed by atoms with Crippen LogP contribution in [0.2, 0.25) is 0 Å². The van der Waals surface area contributed by atoms with Crippen molar-refractivity contribution >= 4 is 16.9 Å². The van der Waals surface area contributed by atoms with Crippen molar-refractivity contribution in [1.29, 1.82) is 0 Å². The van der Waals surface area contributed by atoms with Crippen molar-refractivity contribution in [2.45, 2.75) is 13.3 Å². The standard InChI is InChI=1S/C11H11NO2S/c1-9(13)15-7-3-2-4-10-5-6-11(14)8-12-10/h5-6,8,14H,3,7H2,1H3. The zero-order valence-electron chi connectivity index (χ0n) is 8.36. The smallest absolute Gasteiger partial charge is 0.185 e. The normalized spacial score (nSPS) is 9.13. The molecule has 0 aliphatic carbocycles. The summed E-state index contributed by atoms with van der Waals surface area (Å²) in [5, 5.41) is 9.09. The van der Waals surface area contributed by atoms with Crippen LogP contribution in [-0.4, -0.2) is 21.0 Å². The molecule has 1 aromatic rings. The number of thioether (sulfide) groups is 1. The number of pyridine rings is 1. The van der Waals surface area contributed by atoms with E-state index in [1.54, 1.807) is 19.1 Å². The number of rotatable bonds is 2. The largest absolute Gasteiger partial charge is 0.506 e. The fraction of sp³-hybridized carbons (Fsp3) is 0.273. The fourth-order valence-corrected chi connectivity index (χ4v) is 1.35. The molecular weight excluding hydrogens is 210 g/mol. The summed E-state index contributed by atoms with van der Waals surface area (Å²) >= 11 is 1.27. The van der Waals surface area contributed by atoms with Gasteiger partial charge in [-0.05, 0) is 18.1 Å². The van der Waals surface area contributed by atoms with Gasteiger partial charge in [-0.2, -0.15) is 0 Å². The monoisotopic (exact) mass is 221 g/mol. The molecule has 1 heterocycles. The van der Waals surface area contributed by atoms with Gasteiger partial charge in [-0.3, -0.25) is 4.79 Å². The molecule has 0 saturated heterocycles. The third kappa shape index (κ3) is 5.08. The average Bonchev–Trinajstić information content (AvgIpc) is 2.20. The van der Waals surface area contributed by atoms with Gasteiger partial charge >= 0.3 is 0 Å². The minimum absolute atomic E-state index is 0.111. The molecule has 15 heavy (non-hydrogen) atoms. The van der Waals surface area contributed by atoms with Gasteiger partial charge in [0.2, 0.25) is 0 Å². The number of hydrogen-bond acceptors (Lipinski definition) is 4. The van der Waals surface area contributed by atoms with Gasteiger partial charge in [-0.1, -0.05) is 17.7 Å². The van der Waals surface area contributed by atoms with E-state index in [4.69, 9.17) is 5.11 Å². The van der Waals surface area contributed by atoms with Crippen molar-refractivity contribution in [3.05, 3.63) is 24.0 Å². The van der Waals surface area contributed by atoms with Gasteiger partial charge in [-0.15, -0.1) is 0 Å². The highest BCUT2D eigenvalue weighted by Gasteiger charge is 1.91. The van der Waals surface area contributed by atoms with Crippen LogP contribution in [0.15, 0.2) is 18.3 Å². The van der Waals surface area contributed by atoms with Crippen molar-refractivity contribution in [3.8, 4) is 17.6 Å². The van der Waals surface area contributed by atoms with Crippen LogP contribution in [0, 0.1) is 11.8 Å². The van der Waals surface area contributed by atoms with Crippen molar-refractivity contribution in [2.75, 3.05) is 5.75 Å². The van der Waals surface area contributed by atoms with Crippen LogP contribution in [0.4, 0.5) is 0 Å². The lowest BCUT2D eigenvalue weighted by atomic mass is 10.3. The molecule has 0 amide bonds. The quantitative estimate of drug-likeness (QED) is 0.611. The van der Waals surface area contributed by atoms with Gasteiger partial charge < -0.3 is 5.11 Å². The first-order chi connectivity index (χ1) is 7.18. The molecule has 0 fully saturated rings. The topological polar surface area (TPSA) is 50.2 Å². The highest BCUT2D eigenvalue weighted by atomic mass is 32.2. The minimum Gasteiger partial charge on any atom is -0.506 e. The zero-order valence-corrected chi connectivity index (χ0v) is 9.17. The van der Waals surface area contributed by atoms with Gasteiger partial charge in [0.05, 0.1) is 6.20 Å². The Morgan fingerprint density at radius 2 is 2.40 bits per heavy atom. The molecule has 3 nitrogen and oxygen atoms in total. The Balaban J connectivity index is 2.38. The van der Waals surface area contributed by atoms with Crippen LogP contribution in [-0.2, 0) is 4.79 Å². The van der Waals surface area contributed by atoms with E-state index in [2.05, 4.69) is 16.8 Å². The molecule has 0 radical (unpaired) electrons. The zero-order chi connectivity index (χ0) is 11.1. The van der Waals surface area contributed by atoms with Crippen LogP contribution in [0.1, 0.15) is 19.0 Å². The van der Waals surface area contributed by atoms with Crippen molar-refractivity contribution in [3.63, 3.8) is 0 Å².